The highest BCUT2D eigenvalue weighted by atomic mass is 16.4. The average molecular weight is 433 g/mol. The van der Waals surface area contributed by atoms with E-state index in [0.29, 0.717) is 40.6 Å². The number of hydrogen-bond acceptors (Lipinski definition) is 3. The van der Waals surface area contributed by atoms with Crippen LogP contribution in [0.25, 0.3) is 0 Å². The van der Waals surface area contributed by atoms with Gasteiger partial charge in [-0.1, -0.05) is 26.8 Å². The Morgan fingerprint density at radius 3 is 2.39 bits per heavy atom. The molecule has 4 fully saturated rings. The van der Waals surface area contributed by atoms with Crippen LogP contribution in [0, 0.1) is 46.3 Å². The maximum atomic E-state index is 11.2. The Morgan fingerprint density at radius 1 is 1.00 bits per heavy atom. The fourth-order valence-electron chi connectivity index (χ4n) is 9.10. The van der Waals surface area contributed by atoms with E-state index in [1.165, 1.54) is 25.7 Å². The van der Waals surface area contributed by atoms with Crippen LogP contribution in [-0.4, -0.2) is 33.5 Å². The predicted octanol–water partition coefficient (Wildman–Crippen LogP) is 5.42. The Morgan fingerprint density at radius 2 is 1.68 bits per heavy atom. The quantitative estimate of drug-likeness (QED) is 0.507. The van der Waals surface area contributed by atoms with Gasteiger partial charge in [0.05, 0.1) is 12.2 Å². The minimum absolute atomic E-state index is 0.186. The Kier molecular flexibility index (Phi) is 6.37. The van der Waals surface area contributed by atoms with E-state index in [1.54, 1.807) is 6.92 Å². The number of aliphatic hydroxyl groups is 2. The molecule has 4 aliphatic carbocycles. The van der Waals surface area contributed by atoms with Crippen LogP contribution in [0.1, 0.15) is 91.9 Å². The highest BCUT2D eigenvalue weighted by molar-refractivity contribution is 5.85. The number of allylic oxidation sites excluding steroid dienone is 1. The number of carboxylic acids is 1. The summed E-state index contributed by atoms with van der Waals surface area (Å²) >= 11 is 0. The molecule has 0 aromatic heterocycles. The second-order valence-electron chi connectivity index (χ2n) is 12.2. The van der Waals surface area contributed by atoms with Crippen molar-refractivity contribution in [2.75, 3.05) is 0 Å². The largest absolute Gasteiger partial charge is 0.478 e. The summed E-state index contributed by atoms with van der Waals surface area (Å²) in [5, 5.41) is 30.5. The third-order valence-electron chi connectivity index (χ3n) is 10.8. The number of carboxylic acid groups (broad SMARTS) is 1. The van der Waals surface area contributed by atoms with E-state index in [4.69, 9.17) is 5.11 Å². The molecule has 3 N–H and O–H groups in total. The third kappa shape index (κ3) is 3.90. The summed E-state index contributed by atoms with van der Waals surface area (Å²) in [6.07, 6.45) is 12.1. The van der Waals surface area contributed by atoms with E-state index in [0.717, 1.165) is 38.5 Å². The van der Waals surface area contributed by atoms with Gasteiger partial charge >= 0.3 is 5.97 Å². The topological polar surface area (TPSA) is 77.8 Å². The molecule has 0 unspecified atom stereocenters. The first-order valence-corrected chi connectivity index (χ1v) is 12.8. The molecule has 0 amide bonds. The van der Waals surface area contributed by atoms with E-state index < -0.39 is 5.97 Å². The van der Waals surface area contributed by atoms with Gasteiger partial charge in [-0.25, -0.2) is 4.79 Å². The van der Waals surface area contributed by atoms with Gasteiger partial charge in [0.25, 0.3) is 0 Å². The van der Waals surface area contributed by atoms with Gasteiger partial charge in [-0.3, -0.25) is 0 Å². The van der Waals surface area contributed by atoms with Crippen LogP contribution in [0.5, 0.6) is 0 Å². The molecule has 4 heteroatoms. The zero-order valence-corrected chi connectivity index (χ0v) is 20.0. The molecule has 0 spiro atoms. The molecule has 0 bridgehead atoms. The van der Waals surface area contributed by atoms with Crippen LogP contribution >= 0.6 is 0 Å². The van der Waals surface area contributed by atoms with Crippen LogP contribution in [0.2, 0.25) is 0 Å². The van der Waals surface area contributed by atoms with Crippen molar-refractivity contribution in [2.24, 2.45) is 46.3 Å². The van der Waals surface area contributed by atoms with Crippen molar-refractivity contribution in [3.63, 3.8) is 0 Å². The molecule has 10 atom stereocenters. The smallest absolute Gasteiger partial charge is 0.330 e. The molecule has 4 rings (SSSR count). The van der Waals surface area contributed by atoms with Crippen LogP contribution in [0.15, 0.2) is 11.6 Å². The van der Waals surface area contributed by atoms with Crippen molar-refractivity contribution in [3.05, 3.63) is 11.6 Å². The van der Waals surface area contributed by atoms with Crippen LogP contribution in [0.3, 0.4) is 0 Å². The lowest BCUT2D eigenvalue weighted by molar-refractivity contribution is -0.172. The lowest BCUT2D eigenvalue weighted by atomic mass is 9.44. The van der Waals surface area contributed by atoms with Crippen LogP contribution in [0.4, 0.5) is 0 Å². The Balaban J connectivity index is 1.48. The Labute approximate surface area is 188 Å². The maximum absolute atomic E-state index is 11.2. The standard InChI is InChI=1S/C27H44O4/c1-16(6-5-7-17(2)25(30)31)20-8-9-21-19-15-24(29)23-14-18(28)10-12-27(23,4)22(19)11-13-26(20,21)3/h7,16,18-24,28-29H,5-6,8-15H2,1-4H3,(H,30,31)/b17-7+/t16-,18-,19+,20-,21+,22+,23+,24+,26-,27-/m1/s1. The van der Waals surface area contributed by atoms with E-state index in [9.17, 15) is 15.0 Å². The van der Waals surface area contributed by atoms with Gasteiger partial charge in [0.15, 0.2) is 0 Å². The molecular formula is C27H44O4. The first kappa shape index (κ1) is 23.3. The number of hydrogen-bond donors (Lipinski definition) is 3. The van der Waals surface area contributed by atoms with Crippen molar-refractivity contribution in [1.82, 2.24) is 0 Å². The molecule has 0 aliphatic heterocycles. The van der Waals surface area contributed by atoms with Crippen LogP contribution in [-0.2, 0) is 4.79 Å². The molecule has 4 nitrogen and oxygen atoms in total. The van der Waals surface area contributed by atoms with Crippen molar-refractivity contribution in [3.8, 4) is 0 Å². The van der Waals surface area contributed by atoms with Gasteiger partial charge in [0.2, 0.25) is 0 Å². The van der Waals surface area contributed by atoms with Crippen molar-refractivity contribution in [2.45, 2.75) is 104 Å². The Bertz CT molecular complexity index is 716. The number of aliphatic hydroxyl groups excluding tert-OH is 2. The molecule has 0 aromatic rings. The minimum Gasteiger partial charge on any atom is -0.478 e. The van der Waals surface area contributed by atoms with E-state index in [-0.39, 0.29) is 23.5 Å². The number of aliphatic carboxylic acids is 1. The summed E-state index contributed by atoms with van der Waals surface area (Å²) in [7, 11) is 0. The Hall–Kier alpha value is -0.870. The maximum Gasteiger partial charge on any atom is 0.330 e. The highest BCUT2D eigenvalue weighted by Crippen LogP contribution is 2.68. The van der Waals surface area contributed by atoms with Crippen molar-refractivity contribution in [1.29, 1.82) is 0 Å². The molecule has 0 heterocycles. The van der Waals surface area contributed by atoms with Crippen molar-refractivity contribution >= 4 is 5.97 Å². The monoisotopic (exact) mass is 432 g/mol. The van der Waals surface area contributed by atoms with Gasteiger partial charge in [0, 0.05) is 5.57 Å². The van der Waals surface area contributed by atoms with Gasteiger partial charge in [-0.15, -0.1) is 0 Å². The SMILES string of the molecule is C/C(=C\CC[C@@H](C)[C@H]1CC[C@H]2[C@@H]3C[C@H](O)[C@@H]4C[C@H](O)CC[C@]4(C)[C@H]3CC[C@]12C)C(=O)O. The van der Waals surface area contributed by atoms with Gasteiger partial charge in [-0.2, -0.15) is 0 Å². The van der Waals surface area contributed by atoms with E-state index in [2.05, 4.69) is 20.8 Å². The molecule has 4 aliphatic rings. The van der Waals surface area contributed by atoms with Gasteiger partial charge in [0.1, 0.15) is 0 Å². The highest BCUT2D eigenvalue weighted by Gasteiger charge is 2.62. The molecule has 176 valence electrons. The molecule has 4 saturated carbocycles. The summed E-state index contributed by atoms with van der Waals surface area (Å²) in [6.45, 7) is 9.03. The van der Waals surface area contributed by atoms with Gasteiger partial charge in [-0.05, 0) is 117 Å². The summed E-state index contributed by atoms with van der Waals surface area (Å²) in [5.74, 6) is 2.78. The minimum atomic E-state index is -0.809. The lowest BCUT2D eigenvalue weighted by Gasteiger charge is -2.62. The summed E-state index contributed by atoms with van der Waals surface area (Å²) in [6, 6.07) is 0. The zero-order chi connectivity index (χ0) is 22.6. The second kappa shape index (κ2) is 8.48. The van der Waals surface area contributed by atoms with E-state index in [1.807, 2.05) is 6.08 Å². The molecular weight excluding hydrogens is 388 g/mol. The molecule has 0 aromatic carbocycles. The molecule has 0 saturated heterocycles. The van der Waals surface area contributed by atoms with Gasteiger partial charge < -0.3 is 15.3 Å². The third-order valence-corrected chi connectivity index (χ3v) is 10.8. The summed E-state index contributed by atoms with van der Waals surface area (Å²) in [4.78, 5) is 11.1. The van der Waals surface area contributed by atoms with Crippen molar-refractivity contribution < 1.29 is 20.1 Å². The summed E-state index contributed by atoms with van der Waals surface area (Å²) < 4.78 is 0. The lowest BCUT2D eigenvalue weighted by Crippen LogP contribution is -2.58. The van der Waals surface area contributed by atoms with Crippen LogP contribution < -0.4 is 0 Å². The normalized spacial score (nSPS) is 48.5. The first-order valence-electron chi connectivity index (χ1n) is 12.8. The fraction of sp³-hybridized carbons (Fsp3) is 0.889. The fourth-order valence-corrected chi connectivity index (χ4v) is 9.10. The number of carbonyl (C=O) groups is 1. The average Bonchev–Trinajstić information content (AvgIpc) is 3.06. The summed E-state index contributed by atoms with van der Waals surface area (Å²) in [5.41, 5.74) is 0.995. The molecule has 31 heavy (non-hydrogen) atoms. The number of rotatable bonds is 5. The molecule has 0 radical (unpaired) electrons. The zero-order valence-electron chi connectivity index (χ0n) is 20.0. The first-order chi connectivity index (χ1) is 14.6. The predicted molar refractivity (Wildman–Crippen MR) is 122 cm³/mol. The second-order valence-corrected chi connectivity index (χ2v) is 12.2. The number of fused-ring (bicyclic) bond motifs is 5. The van der Waals surface area contributed by atoms with E-state index >= 15 is 0 Å².